The smallest absolute Gasteiger partial charge is 0.0553 e. The van der Waals surface area contributed by atoms with Crippen molar-refractivity contribution < 1.29 is 10.2 Å². The Labute approximate surface area is 127 Å². The fourth-order valence-corrected chi connectivity index (χ4v) is 2.89. The Hall–Kier alpha value is -1.64. The maximum absolute atomic E-state index is 10.0. The highest BCUT2D eigenvalue weighted by atomic mass is 16.3. The van der Waals surface area contributed by atoms with E-state index in [-0.39, 0.29) is 13.2 Å². The molecule has 2 N–H and O–H groups in total. The van der Waals surface area contributed by atoms with Crippen molar-refractivity contribution in [3.8, 4) is 0 Å². The van der Waals surface area contributed by atoms with Gasteiger partial charge in [0.05, 0.1) is 13.2 Å². The van der Waals surface area contributed by atoms with E-state index in [1.807, 2.05) is 31.2 Å². The van der Waals surface area contributed by atoms with E-state index < -0.39 is 5.41 Å². The van der Waals surface area contributed by atoms with Crippen molar-refractivity contribution in [3.05, 3.63) is 70.3 Å². The Morgan fingerprint density at radius 2 is 1.43 bits per heavy atom. The molecule has 2 nitrogen and oxygen atoms in total. The molecule has 0 aromatic heterocycles. The molecule has 2 heteroatoms. The highest BCUT2D eigenvalue weighted by molar-refractivity contribution is 5.39. The third-order valence-corrected chi connectivity index (χ3v) is 4.40. The van der Waals surface area contributed by atoms with Crippen LogP contribution in [-0.2, 0) is 11.8 Å². The summed E-state index contributed by atoms with van der Waals surface area (Å²) in [5, 5.41) is 20.0. The van der Waals surface area contributed by atoms with Gasteiger partial charge >= 0.3 is 0 Å². The summed E-state index contributed by atoms with van der Waals surface area (Å²) >= 11 is 0. The quantitative estimate of drug-likeness (QED) is 0.886. The molecular weight excluding hydrogens is 260 g/mol. The summed E-state index contributed by atoms with van der Waals surface area (Å²) in [6, 6.07) is 14.3. The minimum atomic E-state index is -0.636. The first-order chi connectivity index (χ1) is 10.0. The fourth-order valence-electron chi connectivity index (χ4n) is 2.89. The molecule has 0 bridgehead atoms. The standard InChI is InChI=1S/C19H24O2/c1-14-6-4-9-17(10-14)19(12-20,13-21)11-18-15(2)7-5-8-16(18)3/h4-10,20-21H,11-13H2,1-3H3. The largest absolute Gasteiger partial charge is 0.395 e. The van der Waals surface area contributed by atoms with Crippen LogP contribution in [-0.4, -0.2) is 23.4 Å². The summed E-state index contributed by atoms with van der Waals surface area (Å²) in [4.78, 5) is 0. The van der Waals surface area contributed by atoms with Crippen LogP contribution < -0.4 is 0 Å². The van der Waals surface area contributed by atoms with Gasteiger partial charge in [-0.05, 0) is 49.4 Å². The highest BCUT2D eigenvalue weighted by Gasteiger charge is 2.32. The number of aliphatic hydroxyl groups excluding tert-OH is 2. The molecule has 0 saturated heterocycles. The van der Waals surface area contributed by atoms with E-state index in [0.717, 1.165) is 11.1 Å². The molecule has 0 aliphatic rings. The van der Waals surface area contributed by atoms with Gasteiger partial charge in [-0.15, -0.1) is 0 Å². The number of hydrogen-bond donors (Lipinski definition) is 2. The first-order valence-corrected chi connectivity index (χ1v) is 7.36. The van der Waals surface area contributed by atoms with Crippen LogP contribution in [0.4, 0.5) is 0 Å². The van der Waals surface area contributed by atoms with Gasteiger partial charge in [-0.1, -0.05) is 48.0 Å². The lowest BCUT2D eigenvalue weighted by Crippen LogP contribution is -2.37. The zero-order chi connectivity index (χ0) is 15.5. The molecule has 0 radical (unpaired) electrons. The maximum Gasteiger partial charge on any atom is 0.0553 e. The van der Waals surface area contributed by atoms with Crippen molar-refractivity contribution >= 4 is 0 Å². The summed E-state index contributed by atoms with van der Waals surface area (Å²) in [5.41, 5.74) is 5.11. The molecule has 0 fully saturated rings. The van der Waals surface area contributed by atoms with E-state index in [2.05, 4.69) is 32.0 Å². The van der Waals surface area contributed by atoms with Crippen molar-refractivity contribution in [3.63, 3.8) is 0 Å². The molecule has 0 saturated carbocycles. The summed E-state index contributed by atoms with van der Waals surface area (Å²) in [5.74, 6) is 0. The van der Waals surface area contributed by atoms with Crippen molar-refractivity contribution in [1.82, 2.24) is 0 Å². The molecule has 0 aliphatic heterocycles. The normalized spacial score (nSPS) is 11.7. The molecule has 0 unspecified atom stereocenters. The summed E-state index contributed by atoms with van der Waals surface area (Å²) in [6.45, 7) is 6.06. The van der Waals surface area contributed by atoms with Gasteiger partial charge in [0.25, 0.3) is 0 Å². The predicted molar refractivity (Wildman–Crippen MR) is 86.6 cm³/mol. The van der Waals surface area contributed by atoms with Crippen LogP contribution in [0.25, 0.3) is 0 Å². The first-order valence-electron chi connectivity index (χ1n) is 7.36. The Morgan fingerprint density at radius 3 is 1.95 bits per heavy atom. The van der Waals surface area contributed by atoms with Gasteiger partial charge in [0.1, 0.15) is 0 Å². The zero-order valence-corrected chi connectivity index (χ0v) is 13.1. The molecule has 0 amide bonds. The average Bonchev–Trinajstić information content (AvgIpc) is 2.48. The SMILES string of the molecule is Cc1cccc(C(CO)(CO)Cc2c(C)cccc2C)c1. The van der Waals surface area contributed by atoms with Gasteiger partial charge in [0, 0.05) is 5.41 Å². The molecule has 0 heterocycles. The number of rotatable bonds is 5. The lowest BCUT2D eigenvalue weighted by Gasteiger charge is -2.32. The van der Waals surface area contributed by atoms with Gasteiger partial charge in [-0.3, -0.25) is 0 Å². The van der Waals surface area contributed by atoms with E-state index in [1.165, 1.54) is 16.7 Å². The Kier molecular flexibility index (Phi) is 4.81. The molecule has 0 atom stereocenters. The lowest BCUT2D eigenvalue weighted by atomic mass is 9.75. The fraction of sp³-hybridized carbons (Fsp3) is 0.368. The van der Waals surface area contributed by atoms with Crippen LogP contribution in [0.3, 0.4) is 0 Å². The molecular formula is C19H24O2. The second-order valence-electron chi connectivity index (χ2n) is 6.01. The van der Waals surface area contributed by atoms with Gasteiger partial charge in [0.2, 0.25) is 0 Å². The highest BCUT2D eigenvalue weighted by Crippen LogP contribution is 2.31. The second-order valence-corrected chi connectivity index (χ2v) is 6.01. The third kappa shape index (κ3) is 3.17. The van der Waals surface area contributed by atoms with Crippen molar-refractivity contribution in [2.45, 2.75) is 32.6 Å². The molecule has 2 aromatic rings. The molecule has 112 valence electrons. The molecule has 0 aliphatic carbocycles. The monoisotopic (exact) mass is 284 g/mol. The zero-order valence-electron chi connectivity index (χ0n) is 13.1. The van der Waals surface area contributed by atoms with Gasteiger partial charge < -0.3 is 10.2 Å². The van der Waals surface area contributed by atoms with Gasteiger partial charge in [0.15, 0.2) is 0 Å². The molecule has 2 aromatic carbocycles. The van der Waals surface area contributed by atoms with E-state index in [4.69, 9.17) is 0 Å². The average molecular weight is 284 g/mol. The number of hydrogen-bond acceptors (Lipinski definition) is 2. The number of benzene rings is 2. The van der Waals surface area contributed by atoms with Crippen LogP contribution in [0, 0.1) is 20.8 Å². The van der Waals surface area contributed by atoms with E-state index in [0.29, 0.717) is 6.42 Å². The Bertz CT molecular complexity index is 592. The number of aliphatic hydroxyl groups is 2. The van der Waals surface area contributed by atoms with Crippen molar-refractivity contribution in [2.24, 2.45) is 0 Å². The Morgan fingerprint density at radius 1 is 0.857 bits per heavy atom. The summed E-state index contributed by atoms with van der Waals surface area (Å²) < 4.78 is 0. The lowest BCUT2D eigenvalue weighted by molar-refractivity contribution is 0.116. The minimum Gasteiger partial charge on any atom is -0.395 e. The van der Waals surface area contributed by atoms with Crippen LogP contribution in [0.2, 0.25) is 0 Å². The van der Waals surface area contributed by atoms with Crippen LogP contribution in [0.1, 0.15) is 27.8 Å². The summed E-state index contributed by atoms with van der Waals surface area (Å²) in [6.07, 6.45) is 0.641. The van der Waals surface area contributed by atoms with E-state index in [1.54, 1.807) is 0 Å². The topological polar surface area (TPSA) is 40.5 Å². The molecule has 0 spiro atoms. The van der Waals surface area contributed by atoms with E-state index >= 15 is 0 Å². The van der Waals surface area contributed by atoms with Gasteiger partial charge in [-0.25, -0.2) is 0 Å². The molecule has 2 rings (SSSR count). The maximum atomic E-state index is 10.0. The van der Waals surface area contributed by atoms with Gasteiger partial charge in [-0.2, -0.15) is 0 Å². The number of aryl methyl sites for hydroxylation is 3. The first kappa shape index (κ1) is 15.7. The Balaban J connectivity index is 2.48. The molecule has 21 heavy (non-hydrogen) atoms. The second kappa shape index (κ2) is 6.42. The predicted octanol–water partition coefficient (Wildman–Crippen LogP) is 3.08. The van der Waals surface area contributed by atoms with Crippen molar-refractivity contribution in [1.29, 1.82) is 0 Å². The minimum absolute atomic E-state index is 0.0687. The van der Waals surface area contributed by atoms with Crippen molar-refractivity contribution in [2.75, 3.05) is 13.2 Å². The summed E-state index contributed by atoms with van der Waals surface area (Å²) in [7, 11) is 0. The third-order valence-electron chi connectivity index (χ3n) is 4.40. The van der Waals surface area contributed by atoms with Crippen LogP contribution >= 0.6 is 0 Å². The van der Waals surface area contributed by atoms with Crippen LogP contribution in [0.15, 0.2) is 42.5 Å². The van der Waals surface area contributed by atoms with E-state index in [9.17, 15) is 10.2 Å². The van der Waals surface area contributed by atoms with Crippen LogP contribution in [0.5, 0.6) is 0 Å².